The van der Waals surface area contributed by atoms with E-state index in [9.17, 15) is 9.59 Å². The van der Waals surface area contributed by atoms with Crippen molar-refractivity contribution in [3.63, 3.8) is 0 Å². The number of carboxylic acids is 1. The Bertz CT molecular complexity index is 460. The van der Waals surface area contributed by atoms with Crippen molar-refractivity contribution >= 4 is 12.0 Å². The van der Waals surface area contributed by atoms with Gasteiger partial charge in [-0.15, -0.1) is 10.2 Å². The van der Waals surface area contributed by atoms with Gasteiger partial charge in [0.1, 0.15) is 6.33 Å². The monoisotopic (exact) mass is 297 g/mol. The lowest BCUT2D eigenvalue weighted by atomic mass is 9.97. The molecule has 0 saturated heterocycles. The first-order valence-corrected chi connectivity index (χ1v) is 7.09. The molecule has 1 unspecified atom stereocenters. The molecule has 2 amide bonds. The normalized spacial score (nSPS) is 11.9. The molecule has 8 nitrogen and oxygen atoms in total. The third-order valence-corrected chi connectivity index (χ3v) is 3.39. The quantitative estimate of drug-likeness (QED) is 0.627. The molecule has 3 N–H and O–H groups in total. The molecular formula is C13H23N5O3. The van der Waals surface area contributed by atoms with E-state index in [1.165, 1.54) is 0 Å². The second-order valence-electron chi connectivity index (χ2n) is 4.96. The number of amides is 2. The van der Waals surface area contributed by atoms with Crippen LogP contribution >= 0.6 is 0 Å². The SMILES string of the molecule is CCC(CCNC(=O)NCc1nncn1C)CCC(=O)O. The third kappa shape index (κ3) is 6.73. The maximum Gasteiger partial charge on any atom is 0.315 e. The second kappa shape index (κ2) is 8.93. The molecule has 0 bridgehead atoms. The van der Waals surface area contributed by atoms with Crippen LogP contribution in [0.1, 0.15) is 38.4 Å². The van der Waals surface area contributed by atoms with Gasteiger partial charge in [0, 0.05) is 20.0 Å². The van der Waals surface area contributed by atoms with Gasteiger partial charge in [0.15, 0.2) is 5.82 Å². The molecule has 1 rings (SSSR count). The standard InChI is InChI=1S/C13H23N5O3/c1-3-10(4-5-12(19)20)6-7-14-13(21)15-8-11-17-16-9-18(11)2/h9-10H,3-8H2,1-2H3,(H,19,20)(H2,14,15,21). The predicted molar refractivity (Wildman–Crippen MR) is 76.5 cm³/mol. The van der Waals surface area contributed by atoms with Crippen LogP contribution in [0, 0.1) is 5.92 Å². The van der Waals surface area contributed by atoms with E-state index >= 15 is 0 Å². The first-order valence-electron chi connectivity index (χ1n) is 7.09. The molecule has 0 radical (unpaired) electrons. The lowest BCUT2D eigenvalue weighted by molar-refractivity contribution is -0.137. The molecule has 0 aliphatic rings. The van der Waals surface area contributed by atoms with Crippen molar-refractivity contribution in [1.82, 2.24) is 25.4 Å². The zero-order valence-electron chi connectivity index (χ0n) is 12.5. The van der Waals surface area contributed by atoms with Crippen molar-refractivity contribution in [2.24, 2.45) is 13.0 Å². The van der Waals surface area contributed by atoms with Gasteiger partial charge < -0.3 is 20.3 Å². The van der Waals surface area contributed by atoms with Crippen molar-refractivity contribution in [3.8, 4) is 0 Å². The van der Waals surface area contributed by atoms with Gasteiger partial charge in [-0.25, -0.2) is 4.79 Å². The summed E-state index contributed by atoms with van der Waals surface area (Å²) in [5.41, 5.74) is 0. The smallest absolute Gasteiger partial charge is 0.315 e. The summed E-state index contributed by atoms with van der Waals surface area (Å²) in [4.78, 5) is 22.1. The van der Waals surface area contributed by atoms with E-state index in [4.69, 9.17) is 5.11 Å². The molecular weight excluding hydrogens is 274 g/mol. The van der Waals surface area contributed by atoms with Crippen LogP contribution in [-0.4, -0.2) is 38.4 Å². The summed E-state index contributed by atoms with van der Waals surface area (Å²) < 4.78 is 1.74. The van der Waals surface area contributed by atoms with Crippen LogP contribution in [-0.2, 0) is 18.4 Å². The summed E-state index contributed by atoms with van der Waals surface area (Å²) >= 11 is 0. The highest BCUT2D eigenvalue weighted by atomic mass is 16.4. The van der Waals surface area contributed by atoms with Gasteiger partial charge in [-0.05, 0) is 18.8 Å². The van der Waals surface area contributed by atoms with E-state index in [1.54, 1.807) is 10.9 Å². The number of nitrogens with one attached hydrogen (secondary N) is 2. The minimum atomic E-state index is -0.775. The maximum absolute atomic E-state index is 11.6. The lowest BCUT2D eigenvalue weighted by Crippen LogP contribution is -2.36. The Labute approximate surface area is 123 Å². The fourth-order valence-corrected chi connectivity index (χ4v) is 1.96. The second-order valence-corrected chi connectivity index (χ2v) is 4.96. The number of aromatic nitrogens is 3. The fraction of sp³-hybridized carbons (Fsp3) is 0.692. The van der Waals surface area contributed by atoms with Gasteiger partial charge in [-0.2, -0.15) is 0 Å². The van der Waals surface area contributed by atoms with Crippen molar-refractivity contribution in [2.75, 3.05) is 6.54 Å². The molecule has 1 atom stereocenters. The van der Waals surface area contributed by atoms with Crippen molar-refractivity contribution in [2.45, 2.75) is 39.2 Å². The summed E-state index contributed by atoms with van der Waals surface area (Å²) in [5.74, 6) is 0.223. The number of carbonyl (C=O) groups excluding carboxylic acids is 1. The van der Waals surface area contributed by atoms with Crippen LogP contribution in [0.3, 0.4) is 0 Å². The van der Waals surface area contributed by atoms with Crippen LogP contribution in [0.2, 0.25) is 0 Å². The Kier molecular flexibility index (Phi) is 7.20. The van der Waals surface area contributed by atoms with E-state index in [0.29, 0.717) is 31.3 Å². The van der Waals surface area contributed by atoms with Crippen LogP contribution in [0.5, 0.6) is 0 Å². The average molecular weight is 297 g/mol. The number of carbonyl (C=O) groups is 2. The summed E-state index contributed by atoms with van der Waals surface area (Å²) in [6.45, 7) is 2.88. The zero-order valence-corrected chi connectivity index (χ0v) is 12.5. The average Bonchev–Trinajstić information content (AvgIpc) is 2.85. The lowest BCUT2D eigenvalue weighted by Gasteiger charge is -2.14. The zero-order chi connectivity index (χ0) is 15.7. The summed E-state index contributed by atoms with van der Waals surface area (Å²) in [5, 5.41) is 21.7. The van der Waals surface area contributed by atoms with Crippen LogP contribution < -0.4 is 10.6 Å². The molecule has 0 saturated carbocycles. The fourth-order valence-electron chi connectivity index (χ4n) is 1.96. The van der Waals surface area contributed by atoms with Gasteiger partial charge in [-0.3, -0.25) is 4.79 Å². The molecule has 0 aromatic carbocycles. The Morgan fingerprint density at radius 3 is 2.71 bits per heavy atom. The minimum absolute atomic E-state index is 0.177. The topological polar surface area (TPSA) is 109 Å². The molecule has 1 heterocycles. The minimum Gasteiger partial charge on any atom is -0.481 e. The number of hydrogen-bond acceptors (Lipinski definition) is 4. The van der Waals surface area contributed by atoms with Gasteiger partial charge in [0.25, 0.3) is 0 Å². The van der Waals surface area contributed by atoms with Crippen molar-refractivity contribution < 1.29 is 14.7 Å². The summed E-state index contributed by atoms with van der Waals surface area (Å²) in [7, 11) is 1.81. The Balaban J connectivity index is 2.17. The van der Waals surface area contributed by atoms with Gasteiger partial charge in [-0.1, -0.05) is 13.3 Å². The summed E-state index contributed by atoms with van der Waals surface area (Å²) in [6, 6.07) is -0.258. The molecule has 0 fully saturated rings. The predicted octanol–water partition coefficient (Wildman–Crippen LogP) is 0.895. The molecule has 0 spiro atoms. The Morgan fingerprint density at radius 2 is 2.14 bits per heavy atom. The molecule has 0 aliphatic carbocycles. The highest BCUT2D eigenvalue weighted by Crippen LogP contribution is 2.14. The van der Waals surface area contributed by atoms with Gasteiger partial charge >= 0.3 is 12.0 Å². The first-order chi connectivity index (χ1) is 10.0. The number of urea groups is 1. The largest absolute Gasteiger partial charge is 0.481 e. The molecule has 0 aliphatic heterocycles. The Morgan fingerprint density at radius 1 is 1.38 bits per heavy atom. The molecule has 1 aromatic heterocycles. The van der Waals surface area contributed by atoms with Crippen LogP contribution in [0.15, 0.2) is 6.33 Å². The van der Waals surface area contributed by atoms with Crippen molar-refractivity contribution in [3.05, 3.63) is 12.2 Å². The third-order valence-electron chi connectivity index (χ3n) is 3.39. The maximum atomic E-state index is 11.6. The highest BCUT2D eigenvalue weighted by Gasteiger charge is 2.10. The Hall–Kier alpha value is -2.12. The molecule has 1 aromatic rings. The van der Waals surface area contributed by atoms with Crippen LogP contribution in [0.25, 0.3) is 0 Å². The number of rotatable bonds is 9. The molecule has 21 heavy (non-hydrogen) atoms. The number of aryl methyl sites for hydroxylation is 1. The highest BCUT2D eigenvalue weighted by molar-refractivity contribution is 5.73. The van der Waals surface area contributed by atoms with Gasteiger partial charge in [0.2, 0.25) is 0 Å². The van der Waals surface area contributed by atoms with E-state index in [1.807, 2.05) is 14.0 Å². The van der Waals surface area contributed by atoms with E-state index < -0.39 is 5.97 Å². The molecule has 118 valence electrons. The number of nitrogens with zero attached hydrogens (tertiary/aromatic N) is 3. The number of aliphatic carboxylic acids is 1. The molecule has 8 heteroatoms. The first kappa shape index (κ1) is 16.9. The van der Waals surface area contributed by atoms with E-state index in [0.717, 1.165) is 12.8 Å². The van der Waals surface area contributed by atoms with E-state index in [-0.39, 0.29) is 12.5 Å². The van der Waals surface area contributed by atoms with E-state index in [2.05, 4.69) is 20.8 Å². The number of hydrogen-bond donors (Lipinski definition) is 3. The van der Waals surface area contributed by atoms with Crippen LogP contribution in [0.4, 0.5) is 4.79 Å². The van der Waals surface area contributed by atoms with Gasteiger partial charge in [0.05, 0.1) is 6.54 Å². The van der Waals surface area contributed by atoms with Crippen molar-refractivity contribution in [1.29, 1.82) is 0 Å². The summed E-state index contributed by atoms with van der Waals surface area (Å²) in [6.07, 6.45) is 4.09. The number of carboxylic acid groups (broad SMARTS) is 1.